The molecule has 19 heavy (non-hydrogen) atoms. The second-order valence-corrected chi connectivity index (χ2v) is 4.08. The second kappa shape index (κ2) is 6.58. The first kappa shape index (κ1) is 14.8. The Morgan fingerprint density at radius 3 is 2.63 bits per heavy atom. The van der Waals surface area contributed by atoms with E-state index in [0.29, 0.717) is 12.0 Å². The van der Waals surface area contributed by atoms with Crippen LogP contribution in [-0.2, 0) is 14.3 Å². The van der Waals surface area contributed by atoms with Gasteiger partial charge in [0.05, 0.1) is 6.10 Å². The van der Waals surface area contributed by atoms with Crippen LogP contribution >= 0.6 is 0 Å². The molecule has 5 nitrogen and oxygen atoms in total. The molecule has 0 aromatic heterocycles. The fraction of sp³-hybridized carbons (Fsp3) is 0.286. The minimum Gasteiger partial charge on any atom is -0.508 e. The highest BCUT2D eigenvalue weighted by atomic mass is 16.5. The quantitative estimate of drug-likeness (QED) is 0.368. The number of hydrogen-bond donors (Lipinski definition) is 2. The van der Waals surface area contributed by atoms with Crippen molar-refractivity contribution in [2.45, 2.75) is 26.4 Å². The smallest absolute Gasteiger partial charge is 0.345 e. The maximum absolute atomic E-state index is 11.7. The molecule has 0 spiro atoms. The van der Waals surface area contributed by atoms with Crippen molar-refractivity contribution in [3.63, 3.8) is 0 Å². The molecule has 0 saturated carbocycles. The molecule has 1 aromatic rings. The summed E-state index contributed by atoms with van der Waals surface area (Å²) in [5.41, 5.74) is -0.0515. The highest BCUT2D eigenvalue weighted by Gasteiger charge is 2.20. The molecule has 0 aliphatic heterocycles. The van der Waals surface area contributed by atoms with Crippen molar-refractivity contribution in [1.29, 1.82) is 0 Å². The lowest BCUT2D eigenvalue weighted by Crippen LogP contribution is -2.20. The van der Waals surface area contributed by atoms with Crippen molar-refractivity contribution in [2.75, 3.05) is 0 Å². The van der Waals surface area contributed by atoms with Gasteiger partial charge in [-0.3, -0.25) is 0 Å². The number of esters is 1. The largest absolute Gasteiger partial charge is 0.508 e. The summed E-state index contributed by atoms with van der Waals surface area (Å²) in [4.78, 5) is 22.8. The highest BCUT2D eigenvalue weighted by molar-refractivity contribution is 6.17. The molecule has 0 radical (unpaired) electrons. The average molecular weight is 264 g/mol. The lowest BCUT2D eigenvalue weighted by molar-refractivity contribution is -0.147. The Labute approximate surface area is 111 Å². The minimum absolute atomic E-state index is 0.00576. The molecule has 0 amide bonds. The maximum atomic E-state index is 11.7. The predicted octanol–water partition coefficient (Wildman–Crippen LogP) is 2.20. The van der Waals surface area contributed by atoms with E-state index in [-0.39, 0.29) is 11.9 Å². The van der Waals surface area contributed by atoms with E-state index in [1.807, 2.05) is 6.92 Å². The number of phenolic OH excluding ortho intramolecular Hbond substituents is 1. The Bertz CT molecular complexity index is 504. The molecule has 1 atom stereocenters. The molecular formula is C14H16O5. The minimum atomic E-state index is -1.36. The first-order chi connectivity index (χ1) is 8.93. The Kier molecular flexibility index (Phi) is 5.11. The van der Waals surface area contributed by atoms with Gasteiger partial charge in [0.1, 0.15) is 11.3 Å². The number of carbonyl (C=O) groups is 2. The van der Waals surface area contributed by atoms with Gasteiger partial charge in [0.2, 0.25) is 0 Å². The Morgan fingerprint density at radius 2 is 2.11 bits per heavy atom. The summed E-state index contributed by atoms with van der Waals surface area (Å²) in [5, 5.41) is 18.3. The molecular weight excluding hydrogens is 248 g/mol. The first-order valence-corrected chi connectivity index (χ1v) is 5.89. The maximum Gasteiger partial charge on any atom is 0.345 e. The van der Waals surface area contributed by atoms with Crippen LogP contribution in [0.3, 0.4) is 0 Å². The first-order valence-electron chi connectivity index (χ1n) is 5.89. The van der Waals surface area contributed by atoms with Crippen LogP contribution in [0.25, 0.3) is 6.08 Å². The highest BCUT2D eigenvalue weighted by Crippen LogP contribution is 2.15. The van der Waals surface area contributed by atoms with Gasteiger partial charge in [0.15, 0.2) is 0 Å². The summed E-state index contributed by atoms with van der Waals surface area (Å²) in [6.45, 7) is 3.52. The fourth-order valence-corrected chi connectivity index (χ4v) is 1.32. The normalized spacial score (nSPS) is 12.8. The molecule has 0 fully saturated rings. The van der Waals surface area contributed by atoms with Gasteiger partial charge in [-0.25, -0.2) is 9.59 Å². The molecule has 1 aromatic carbocycles. The van der Waals surface area contributed by atoms with Gasteiger partial charge in [0.25, 0.3) is 0 Å². The van der Waals surface area contributed by atoms with Crippen LogP contribution in [0.15, 0.2) is 29.8 Å². The molecule has 0 aliphatic carbocycles. The number of carbonyl (C=O) groups excluding carboxylic acids is 1. The zero-order valence-corrected chi connectivity index (χ0v) is 10.8. The van der Waals surface area contributed by atoms with Crippen LogP contribution in [0, 0.1) is 0 Å². The molecule has 102 valence electrons. The second-order valence-electron chi connectivity index (χ2n) is 4.08. The van der Waals surface area contributed by atoms with Gasteiger partial charge < -0.3 is 14.9 Å². The van der Waals surface area contributed by atoms with Gasteiger partial charge >= 0.3 is 11.9 Å². The van der Waals surface area contributed by atoms with Gasteiger partial charge in [-0.1, -0.05) is 19.1 Å². The topological polar surface area (TPSA) is 83.8 Å². The summed E-state index contributed by atoms with van der Waals surface area (Å²) in [6, 6.07) is 5.95. The lowest BCUT2D eigenvalue weighted by atomic mass is 10.1. The molecule has 2 N–H and O–H groups in total. The molecule has 1 unspecified atom stereocenters. The van der Waals surface area contributed by atoms with Gasteiger partial charge in [0, 0.05) is 0 Å². The van der Waals surface area contributed by atoms with E-state index in [1.54, 1.807) is 19.1 Å². The summed E-state index contributed by atoms with van der Waals surface area (Å²) in [7, 11) is 0. The number of carboxylic acids is 1. The predicted molar refractivity (Wildman–Crippen MR) is 69.6 cm³/mol. The van der Waals surface area contributed by atoms with Crippen molar-refractivity contribution >= 4 is 18.0 Å². The number of phenols is 1. The number of ether oxygens (including phenoxy) is 1. The monoisotopic (exact) mass is 264 g/mol. The van der Waals surface area contributed by atoms with Crippen molar-refractivity contribution in [1.82, 2.24) is 0 Å². The van der Waals surface area contributed by atoms with Crippen LogP contribution < -0.4 is 0 Å². The van der Waals surface area contributed by atoms with Crippen molar-refractivity contribution in [2.24, 2.45) is 0 Å². The third kappa shape index (κ3) is 4.46. The number of benzene rings is 1. The third-order valence-electron chi connectivity index (χ3n) is 2.51. The molecule has 1 rings (SSSR count). The number of aliphatic carboxylic acids is 1. The Hall–Kier alpha value is -2.30. The lowest BCUT2D eigenvalue weighted by Gasteiger charge is -2.11. The standard InChI is InChI=1S/C14H16O5/c1-3-9(2)19-14(18)12(13(16)17)8-10-5-4-6-11(15)7-10/h4-9,15H,3H2,1-2H3,(H,16,17). The van der Waals surface area contributed by atoms with E-state index < -0.39 is 17.5 Å². The molecule has 0 aliphatic rings. The van der Waals surface area contributed by atoms with Gasteiger partial charge in [-0.05, 0) is 37.1 Å². The zero-order valence-electron chi connectivity index (χ0n) is 10.8. The SMILES string of the molecule is CCC(C)OC(=O)C(=Cc1cccc(O)c1)C(=O)O. The van der Waals surface area contributed by atoms with Crippen molar-refractivity contribution in [3.05, 3.63) is 35.4 Å². The fourth-order valence-electron chi connectivity index (χ4n) is 1.32. The number of rotatable bonds is 5. The summed E-state index contributed by atoms with van der Waals surface area (Å²) >= 11 is 0. The number of hydrogen-bond acceptors (Lipinski definition) is 4. The van der Waals surface area contributed by atoms with E-state index in [2.05, 4.69) is 0 Å². The molecule has 0 bridgehead atoms. The van der Waals surface area contributed by atoms with Crippen LogP contribution in [-0.4, -0.2) is 28.3 Å². The summed E-state index contributed by atoms with van der Waals surface area (Å²) in [5.74, 6) is -2.25. The zero-order chi connectivity index (χ0) is 14.4. The summed E-state index contributed by atoms with van der Waals surface area (Å²) < 4.78 is 4.97. The van der Waals surface area contributed by atoms with E-state index in [9.17, 15) is 14.7 Å². The third-order valence-corrected chi connectivity index (χ3v) is 2.51. The Morgan fingerprint density at radius 1 is 1.42 bits per heavy atom. The van der Waals surface area contributed by atoms with E-state index in [0.717, 1.165) is 0 Å². The van der Waals surface area contributed by atoms with Crippen molar-refractivity contribution in [3.8, 4) is 5.75 Å². The van der Waals surface area contributed by atoms with Crippen molar-refractivity contribution < 1.29 is 24.5 Å². The van der Waals surface area contributed by atoms with E-state index >= 15 is 0 Å². The average Bonchev–Trinajstić information content (AvgIpc) is 2.35. The summed E-state index contributed by atoms with van der Waals surface area (Å²) in [6.07, 6.45) is 1.43. The molecule has 5 heteroatoms. The van der Waals surface area contributed by atoms with E-state index in [1.165, 1.54) is 18.2 Å². The van der Waals surface area contributed by atoms with Gasteiger partial charge in [-0.15, -0.1) is 0 Å². The van der Waals surface area contributed by atoms with Crippen LogP contribution in [0.2, 0.25) is 0 Å². The molecule has 0 heterocycles. The van der Waals surface area contributed by atoms with Crippen LogP contribution in [0.5, 0.6) is 5.75 Å². The van der Waals surface area contributed by atoms with Crippen LogP contribution in [0.4, 0.5) is 0 Å². The number of carboxylic acid groups (broad SMARTS) is 1. The van der Waals surface area contributed by atoms with E-state index in [4.69, 9.17) is 9.84 Å². The molecule has 0 saturated heterocycles. The van der Waals surface area contributed by atoms with Crippen LogP contribution in [0.1, 0.15) is 25.8 Å². The van der Waals surface area contributed by atoms with Gasteiger partial charge in [-0.2, -0.15) is 0 Å². The number of aromatic hydroxyl groups is 1. The Balaban J connectivity index is 3.01.